The van der Waals surface area contributed by atoms with Crippen LogP contribution in [0.1, 0.15) is 25.6 Å². The van der Waals surface area contributed by atoms with Gasteiger partial charge in [0.15, 0.2) is 0 Å². The van der Waals surface area contributed by atoms with Crippen LogP contribution in [0.5, 0.6) is 0 Å². The van der Waals surface area contributed by atoms with E-state index in [4.69, 9.17) is 13.7 Å². The number of nitrogens with one attached hydrogen (secondary N) is 1. The molecule has 1 amide bonds. The van der Waals surface area contributed by atoms with Crippen molar-refractivity contribution in [1.29, 1.82) is 0 Å². The van der Waals surface area contributed by atoms with Crippen LogP contribution in [-0.2, 0) is 11.8 Å². The molecule has 2 radical (unpaired) electrons. The molecule has 0 bridgehead atoms. The van der Waals surface area contributed by atoms with E-state index in [9.17, 15) is 4.79 Å². The molecule has 132 valence electrons. The Morgan fingerprint density at radius 2 is 2.12 bits per heavy atom. The van der Waals surface area contributed by atoms with Gasteiger partial charge >= 0.3 is 0 Å². The third-order valence-corrected chi connectivity index (χ3v) is 4.09. The highest BCUT2D eigenvalue weighted by Gasteiger charge is 2.20. The van der Waals surface area contributed by atoms with Crippen LogP contribution in [0.15, 0.2) is 24.5 Å². The maximum Gasteiger partial charge on any atom is 0.228 e. The number of aromatic nitrogens is 4. The average molecular weight is 349 g/mol. The van der Waals surface area contributed by atoms with E-state index >= 15 is 0 Å². The Labute approximate surface area is 152 Å². The zero-order valence-corrected chi connectivity index (χ0v) is 15.2. The minimum atomic E-state index is -0.224. The summed E-state index contributed by atoms with van der Waals surface area (Å²) in [5.74, 6) is 0.685. The number of hydrogen-bond donors (Lipinski definition) is 2. The molecular weight excluding hydrogens is 329 g/mol. The smallest absolute Gasteiger partial charge is 0.228 e. The Bertz CT molecular complexity index is 983. The summed E-state index contributed by atoms with van der Waals surface area (Å²) in [5, 5.41) is 2.83. The van der Waals surface area contributed by atoms with Crippen molar-refractivity contribution in [3.05, 3.63) is 30.2 Å². The van der Waals surface area contributed by atoms with Crippen molar-refractivity contribution in [2.24, 2.45) is 7.05 Å². The van der Waals surface area contributed by atoms with Gasteiger partial charge in [0.25, 0.3) is 0 Å². The van der Waals surface area contributed by atoms with Crippen molar-refractivity contribution in [2.45, 2.75) is 19.9 Å². The van der Waals surface area contributed by atoms with Gasteiger partial charge in [0.2, 0.25) is 13.9 Å². The van der Waals surface area contributed by atoms with Crippen LogP contribution in [0.4, 0.5) is 11.6 Å². The number of rotatable bonds is 4. The quantitative estimate of drug-likeness (QED) is 0.689. The zero-order chi connectivity index (χ0) is 19.0. The topological polar surface area (TPSA) is 102 Å². The molecule has 26 heavy (non-hydrogen) atoms. The van der Waals surface area contributed by atoms with Crippen molar-refractivity contribution >= 4 is 36.6 Å². The van der Waals surface area contributed by atoms with Crippen LogP contribution >= 0.6 is 0 Å². The number of amides is 1. The SMILES string of the molecule is [B]N(C)c1nc(N)c(-c2cccc(C(C)NC(C)=O)n2)c2c1ncn2C. The first kappa shape index (κ1) is 17.7. The van der Waals surface area contributed by atoms with Gasteiger partial charge in [-0.3, -0.25) is 9.78 Å². The lowest BCUT2D eigenvalue weighted by Crippen LogP contribution is -2.24. The number of nitrogen functional groups attached to an aromatic ring is 1. The van der Waals surface area contributed by atoms with E-state index in [-0.39, 0.29) is 11.9 Å². The Kier molecular flexibility index (Phi) is 4.54. The van der Waals surface area contributed by atoms with E-state index < -0.39 is 0 Å². The second-order valence-electron chi connectivity index (χ2n) is 6.23. The minimum absolute atomic E-state index is 0.116. The molecule has 1 unspecified atom stereocenters. The van der Waals surface area contributed by atoms with Crippen molar-refractivity contribution in [3.63, 3.8) is 0 Å². The van der Waals surface area contributed by atoms with Crippen LogP contribution in [0.3, 0.4) is 0 Å². The standard InChI is InChI=1S/C17H20BN7O/c1-9(21-10(2)26)11-6-5-7-12(22-11)13-15-14(20-8-24(15)3)17(25(4)18)23-16(13)19/h5-9H,1-4H3,(H2,19,23)(H,21,26). The Morgan fingerprint density at radius 1 is 1.38 bits per heavy atom. The second kappa shape index (κ2) is 6.66. The van der Waals surface area contributed by atoms with Gasteiger partial charge in [0.05, 0.1) is 34.8 Å². The summed E-state index contributed by atoms with van der Waals surface area (Å²) in [6.45, 7) is 3.35. The van der Waals surface area contributed by atoms with E-state index in [1.165, 1.54) is 11.7 Å². The molecule has 0 aromatic carbocycles. The molecule has 0 spiro atoms. The number of carbonyl (C=O) groups excluding carboxylic acids is 1. The Hall–Kier alpha value is -3.10. The van der Waals surface area contributed by atoms with Gasteiger partial charge in [-0.05, 0) is 26.1 Å². The lowest BCUT2D eigenvalue weighted by atomic mass is 10.1. The Morgan fingerprint density at radius 3 is 2.77 bits per heavy atom. The van der Waals surface area contributed by atoms with E-state index in [0.29, 0.717) is 28.4 Å². The van der Waals surface area contributed by atoms with Crippen LogP contribution in [0, 0.1) is 0 Å². The number of carbonyl (C=O) groups is 1. The number of fused-ring (bicyclic) bond motifs is 1. The Balaban J connectivity index is 2.20. The summed E-state index contributed by atoms with van der Waals surface area (Å²) in [4.78, 5) is 26.2. The van der Waals surface area contributed by atoms with Gasteiger partial charge in [0.1, 0.15) is 17.2 Å². The molecule has 0 saturated heterocycles. The molecule has 3 N–H and O–H groups in total. The van der Waals surface area contributed by atoms with E-state index in [1.54, 1.807) is 13.4 Å². The first-order chi connectivity index (χ1) is 12.3. The maximum atomic E-state index is 11.3. The summed E-state index contributed by atoms with van der Waals surface area (Å²) in [6.07, 6.45) is 1.69. The molecule has 0 aliphatic heterocycles. The van der Waals surface area contributed by atoms with Crippen LogP contribution in [-0.4, -0.2) is 40.5 Å². The molecule has 9 heteroatoms. The normalized spacial score (nSPS) is 12.2. The van der Waals surface area contributed by atoms with Gasteiger partial charge < -0.3 is 20.4 Å². The van der Waals surface area contributed by atoms with E-state index in [0.717, 1.165) is 11.2 Å². The minimum Gasteiger partial charge on any atom is -0.411 e. The number of aryl methyl sites for hydroxylation is 1. The molecule has 3 aromatic heterocycles. The molecule has 3 rings (SSSR count). The van der Waals surface area contributed by atoms with Gasteiger partial charge in [-0.2, -0.15) is 0 Å². The summed E-state index contributed by atoms with van der Waals surface area (Å²) in [7, 11) is 9.43. The molecule has 3 heterocycles. The number of imidazole rings is 1. The van der Waals surface area contributed by atoms with E-state index in [2.05, 4.69) is 20.3 Å². The molecule has 1 atom stereocenters. The van der Waals surface area contributed by atoms with Gasteiger partial charge in [-0.15, -0.1) is 0 Å². The van der Waals surface area contributed by atoms with Crippen LogP contribution in [0.25, 0.3) is 22.3 Å². The third kappa shape index (κ3) is 3.07. The predicted molar refractivity (Wildman–Crippen MR) is 103 cm³/mol. The first-order valence-electron chi connectivity index (χ1n) is 8.13. The summed E-state index contributed by atoms with van der Waals surface area (Å²) in [6, 6.07) is 5.37. The lowest BCUT2D eigenvalue weighted by molar-refractivity contribution is -0.119. The van der Waals surface area contributed by atoms with Crippen molar-refractivity contribution < 1.29 is 4.79 Å². The highest BCUT2D eigenvalue weighted by molar-refractivity contribution is 6.20. The highest BCUT2D eigenvalue weighted by atomic mass is 16.1. The molecule has 8 nitrogen and oxygen atoms in total. The number of anilines is 2. The van der Waals surface area contributed by atoms with Crippen molar-refractivity contribution in [2.75, 3.05) is 17.6 Å². The number of nitrogens with two attached hydrogens (primary N) is 1. The summed E-state index contributed by atoms with van der Waals surface area (Å²) in [5.41, 5.74) is 9.75. The third-order valence-electron chi connectivity index (χ3n) is 4.09. The van der Waals surface area contributed by atoms with Crippen LogP contribution in [0.2, 0.25) is 0 Å². The molecular formula is C17H20BN7O. The largest absolute Gasteiger partial charge is 0.411 e. The molecule has 3 aromatic rings. The van der Waals surface area contributed by atoms with Crippen LogP contribution < -0.4 is 15.9 Å². The average Bonchev–Trinajstić information content (AvgIpc) is 2.95. The maximum absolute atomic E-state index is 11.3. The van der Waals surface area contributed by atoms with Gasteiger partial charge in [0, 0.05) is 14.0 Å². The highest BCUT2D eigenvalue weighted by Crippen LogP contribution is 2.35. The second-order valence-corrected chi connectivity index (χ2v) is 6.23. The fraction of sp³-hybridized carbons (Fsp3) is 0.294. The van der Waals surface area contributed by atoms with Gasteiger partial charge in [-0.25, -0.2) is 9.97 Å². The predicted octanol–water partition coefficient (Wildman–Crippen LogP) is 1.33. The summed E-state index contributed by atoms with van der Waals surface area (Å²) < 4.78 is 1.86. The zero-order valence-electron chi connectivity index (χ0n) is 15.2. The van der Waals surface area contributed by atoms with Crippen molar-refractivity contribution in [1.82, 2.24) is 24.8 Å². The number of pyridine rings is 2. The molecule has 0 aliphatic carbocycles. The monoisotopic (exact) mass is 349 g/mol. The molecule has 0 aliphatic rings. The van der Waals surface area contributed by atoms with Crippen molar-refractivity contribution in [3.8, 4) is 11.3 Å². The molecule has 0 saturated carbocycles. The van der Waals surface area contributed by atoms with E-state index in [1.807, 2.05) is 36.7 Å². The number of hydrogen-bond acceptors (Lipinski definition) is 6. The first-order valence-corrected chi connectivity index (χ1v) is 8.13. The molecule has 0 fully saturated rings. The summed E-state index contributed by atoms with van der Waals surface area (Å²) >= 11 is 0. The fourth-order valence-electron chi connectivity index (χ4n) is 2.94. The number of nitrogens with zero attached hydrogens (tertiary/aromatic N) is 5. The van der Waals surface area contributed by atoms with Gasteiger partial charge in [-0.1, -0.05) is 6.07 Å². The lowest BCUT2D eigenvalue weighted by Gasteiger charge is -2.17. The fourth-order valence-corrected chi connectivity index (χ4v) is 2.94.